The third kappa shape index (κ3) is 3.99. The van der Waals surface area contributed by atoms with E-state index in [4.69, 9.17) is 9.15 Å². The molecule has 1 fully saturated rings. The molecule has 0 radical (unpaired) electrons. The lowest BCUT2D eigenvalue weighted by Gasteiger charge is -2.22. The Balaban J connectivity index is 1.75. The van der Waals surface area contributed by atoms with Crippen molar-refractivity contribution >= 4 is 0 Å². The summed E-state index contributed by atoms with van der Waals surface area (Å²) in [5.74, 6) is -0.374. The first kappa shape index (κ1) is 17.0. The SMILES string of the molecule is CCN(Cc1nc(-c2cc(F)cc(F)c2)oc1C)C[C@H]1CCCO1. The van der Waals surface area contributed by atoms with E-state index in [0.29, 0.717) is 17.9 Å². The predicted molar refractivity (Wildman–Crippen MR) is 86.5 cm³/mol. The molecule has 24 heavy (non-hydrogen) atoms. The van der Waals surface area contributed by atoms with Gasteiger partial charge in [0.15, 0.2) is 0 Å². The fraction of sp³-hybridized carbons (Fsp3) is 0.500. The number of nitrogens with zero attached hydrogens (tertiary/aromatic N) is 2. The first-order valence-electron chi connectivity index (χ1n) is 8.32. The lowest BCUT2D eigenvalue weighted by molar-refractivity contribution is 0.0720. The Morgan fingerprint density at radius 1 is 1.25 bits per heavy atom. The highest BCUT2D eigenvalue weighted by Gasteiger charge is 2.21. The monoisotopic (exact) mass is 336 g/mol. The van der Waals surface area contributed by atoms with Crippen LogP contribution in [0.2, 0.25) is 0 Å². The number of hydrogen-bond acceptors (Lipinski definition) is 4. The van der Waals surface area contributed by atoms with E-state index in [1.54, 1.807) is 0 Å². The van der Waals surface area contributed by atoms with E-state index >= 15 is 0 Å². The van der Waals surface area contributed by atoms with Gasteiger partial charge in [-0.3, -0.25) is 4.90 Å². The van der Waals surface area contributed by atoms with Gasteiger partial charge in [0, 0.05) is 31.3 Å². The summed E-state index contributed by atoms with van der Waals surface area (Å²) in [4.78, 5) is 6.69. The minimum Gasteiger partial charge on any atom is -0.441 e. The number of hydrogen-bond donors (Lipinski definition) is 0. The van der Waals surface area contributed by atoms with Gasteiger partial charge in [-0.15, -0.1) is 0 Å². The minimum atomic E-state index is -0.643. The van der Waals surface area contributed by atoms with Gasteiger partial charge in [-0.2, -0.15) is 0 Å². The lowest BCUT2D eigenvalue weighted by atomic mass is 10.2. The van der Waals surface area contributed by atoms with Crippen molar-refractivity contribution in [1.29, 1.82) is 0 Å². The van der Waals surface area contributed by atoms with Crippen molar-refractivity contribution in [3.63, 3.8) is 0 Å². The molecule has 0 N–H and O–H groups in total. The van der Waals surface area contributed by atoms with E-state index in [0.717, 1.165) is 44.3 Å². The van der Waals surface area contributed by atoms with Crippen LogP contribution in [0.1, 0.15) is 31.2 Å². The van der Waals surface area contributed by atoms with Crippen molar-refractivity contribution in [2.45, 2.75) is 39.3 Å². The summed E-state index contributed by atoms with van der Waals surface area (Å²) in [5, 5.41) is 0. The molecule has 130 valence electrons. The van der Waals surface area contributed by atoms with Crippen LogP contribution < -0.4 is 0 Å². The summed E-state index contributed by atoms with van der Waals surface area (Å²) in [6.45, 7) is 7.10. The molecule has 0 unspecified atom stereocenters. The smallest absolute Gasteiger partial charge is 0.226 e. The van der Waals surface area contributed by atoms with Crippen molar-refractivity contribution < 1.29 is 17.9 Å². The molecule has 4 nitrogen and oxygen atoms in total. The number of halogens is 2. The number of oxazole rings is 1. The van der Waals surface area contributed by atoms with Gasteiger partial charge in [-0.1, -0.05) is 6.92 Å². The fourth-order valence-corrected chi connectivity index (χ4v) is 2.97. The van der Waals surface area contributed by atoms with E-state index in [1.165, 1.54) is 12.1 Å². The van der Waals surface area contributed by atoms with Crippen LogP contribution in [0.3, 0.4) is 0 Å². The first-order valence-corrected chi connectivity index (χ1v) is 8.32. The second-order valence-corrected chi connectivity index (χ2v) is 6.14. The van der Waals surface area contributed by atoms with Gasteiger partial charge in [0.25, 0.3) is 0 Å². The second kappa shape index (κ2) is 7.40. The third-order valence-corrected chi connectivity index (χ3v) is 4.31. The van der Waals surface area contributed by atoms with E-state index in [-0.39, 0.29) is 12.0 Å². The van der Waals surface area contributed by atoms with E-state index in [2.05, 4.69) is 16.8 Å². The zero-order chi connectivity index (χ0) is 17.1. The van der Waals surface area contributed by atoms with E-state index in [1.807, 2.05) is 6.92 Å². The Morgan fingerprint density at radius 2 is 2.00 bits per heavy atom. The molecule has 3 rings (SSSR count). The fourth-order valence-electron chi connectivity index (χ4n) is 2.97. The molecule has 1 aliphatic heterocycles. The van der Waals surface area contributed by atoms with Gasteiger partial charge in [-0.05, 0) is 38.4 Å². The largest absolute Gasteiger partial charge is 0.441 e. The predicted octanol–water partition coefficient (Wildman–Crippen LogP) is 3.93. The maximum atomic E-state index is 13.4. The van der Waals surface area contributed by atoms with Crippen molar-refractivity contribution in [3.8, 4) is 11.5 Å². The number of aromatic nitrogens is 1. The Bertz CT molecular complexity index is 676. The summed E-state index contributed by atoms with van der Waals surface area (Å²) in [7, 11) is 0. The Hall–Kier alpha value is -1.79. The molecule has 0 aliphatic carbocycles. The summed E-state index contributed by atoms with van der Waals surface area (Å²) in [6, 6.07) is 3.28. The molecule has 2 heterocycles. The van der Waals surface area contributed by atoms with Crippen molar-refractivity contribution in [2.75, 3.05) is 19.7 Å². The normalized spacial score (nSPS) is 17.8. The molecule has 1 saturated heterocycles. The summed E-state index contributed by atoms with van der Waals surface area (Å²) < 4.78 is 38.1. The van der Waals surface area contributed by atoms with Gasteiger partial charge < -0.3 is 9.15 Å². The Kier molecular flexibility index (Phi) is 5.26. The Morgan fingerprint density at radius 3 is 2.62 bits per heavy atom. The van der Waals surface area contributed by atoms with Crippen LogP contribution in [-0.2, 0) is 11.3 Å². The summed E-state index contributed by atoms with van der Waals surface area (Å²) in [6.07, 6.45) is 2.47. The van der Waals surface area contributed by atoms with Gasteiger partial charge in [0.05, 0.1) is 11.8 Å². The topological polar surface area (TPSA) is 38.5 Å². The number of likely N-dealkylation sites (N-methyl/N-ethyl adjacent to an activating group) is 1. The third-order valence-electron chi connectivity index (χ3n) is 4.31. The van der Waals surface area contributed by atoms with Crippen molar-refractivity contribution in [3.05, 3.63) is 41.3 Å². The highest BCUT2D eigenvalue weighted by Crippen LogP contribution is 2.24. The molecule has 0 spiro atoms. The zero-order valence-corrected chi connectivity index (χ0v) is 14.0. The summed E-state index contributed by atoms with van der Waals surface area (Å²) in [5.41, 5.74) is 1.10. The standard InChI is InChI=1S/C18H22F2N2O2/c1-3-22(10-16-5-4-6-23-16)11-17-12(2)24-18(21-17)13-7-14(19)9-15(20)8-13/h7-9,16H,3-6,10-11H2,1-2H3/t16-/m1/s1. The van der Waals surface area contributed by atoms with Crippen LogP contribution in [-0.4, -0.2) is 35.7 Å². The molecule has 0 bridgehead atoms. The number of rotatable bonds is 6. The molecule has 0 saturated carbocycles. The zero-order valence-electron chi connectivity index (χ0n) is 14.0. The van der Waals surface area contributed by atoms with Crippen LogP contribution >= 0.6 is 0 Å². The highest BCUT2D eigenvalue weighted by molar-refractivity contribution is 5.53. The average Bonchev–Trinajstić information content (AvgIpc) is 3.16. The van der Waals surface area contributed by atoms with Crippen LogP contribution in [0.5, 0.6) is 0 Å². The van der Waals surface area contributed by atoms with Gasteiger partial charge in [-0.25, -0.2) is 13.8 Å². The van der Waals surface area contributed by atoms with Crippen molar-refractivity contribution in [1.82, 2.24) is 9.88 Å². The van der Waals surface area contributed by atoms with E-state index < -0.39 is 11.6 Å². The van der Waals surface area contributed by atoms with Crippen LogP contribution in [0.4, 0.5) is 8.78 Å². The van der Waals surface area contributed by atoms with Gasteiger partial charge in [0.1, 0.15) is 17.4 Å². The molecule has 1 aliphatic rings. The van der Waals surface area contributed by atoms with Crippen LogP contribution in [0.25, 0.3) is 11.5 Å². The molecule has 6 heteroatoms. The van der Waals surface area contributed by atoms with Gasteiger partial charge in [0.2, 0.25) is 5.89 Å². The average molecular weight is 336 g/mol. The highest BCUT2D eigenvalue weighted by atomic mass is 19.1. The molecular formula is C18H22F2N2O2. The number of benzene rings is 1. The molecule has 2 aromatic rings. The second-order valence-electron chi connectivity index (χ2n) is 6.14. The lowest BCUT2D eigenvalue weighted by Crippen LogP contribution is -2.31. The van der Waals surface area contributed by atoms with E-state index in [9.17, 15) is 8.78 Å². The van der Waals surface area contributed by atoms with Gasteiger partial charge >= 0.3 is 0 Å². The molecule has 0 amide bonds. The maximum Gasteiger partial charge on any atom is 0.226 e. The van der Waals surface area contributed by atoms with Crippen molar-refractivity contribution in [2.24, 2.45) is 0 Å². The molecular weight excluding hydrogens is 314 g/mol. The quantitative estimate of drug-likeness (QED) is 0.801. The minimum absolute atomic E-state index is 0.245. The first-order chi connectivity index (χ1) is 11.5. The van der Waals surface area contributed by atoms with Crippen LogP contribution in [0.15, 0.2) is 22.6 Å². The molecule has 1 aromatic heterocycles. The Labute approximate surface area is 140 Å². The number of ether oxygens (including phenoxy) is 1. The van der Waals surface area contributed by atoms with Crippen LogP contribution in [0, 0.1) is 18.6 Å². The molecule has 1 atom stereocenters. The number of aryl methyl sites for hydroxylation is 1. The summed E-state index contributed by atoms with van der Waals surface area (Å²) >= 11 is 0. The maximum absolute atomic E-state index is 13.4. The molecule has 1 aromatic carbocycles.